The van der Waals surface area contributed by atoms with E-state index < -0.39 is 0 Å². The maximum Gasteiger partial charge on any atom is 0.132 e. The molecule has 0 aromatic carbocycles. The maximum atomic E-state index is 5.86. The average Bonchev–Trinajstić information content (AvgIpc) is 2.30. The second kappa shape index (κ2) is 4.57. The number of alkyl halides is 1. The first-order valence-electron chi connectivity index (χ1n) is 4.58. The van der Waals surface area contributed by atoms with Crippen molar-refractivity contribution in [3.63, 3.8) is 0 Å². The van der Waals surface area contributed by atoms with Gasteiger partial charge in [-0.15, -0.1) is 11.6 Å². The highest BCUT2D eigenvalue weighted by Crippen LogP contribution is 2.16. The predicted molar refractivity (Wildman–Crippen MR) is 54.7 cm³/mol. The summed E-state index contributed by atoms with van der Waals surface area (Å²) < 4.78 is 5.36. The van der Waals surface area contributed by atoms with Crippen LogP contribution in [-0.4, -0.2) is 41.6 Å². The van der Waals surface area contributed by atoms with E-state index >= 15 is 0 Å². The van der Waals surface area contributed by atoms with Gasteiger partial charge in [0.2, 0.25) is 0 Å². The van der Waals surface area contributed by atoms with Crippen LogP contribution in [0.3, 0.4) is 0 Å². The monoisotopic (exact) mass is 213 g/mol. The minimum absolute atomic E-state index is 0.223. The third kappa shape index (κ3) is 1.96. The van der Waals surface area contributed by atoms with Crippen molar-refractivity contribution in [1.29, 1.82) is 0 Å². The van der Waals surface area contributed by atoms with Gasteiger partial charge >= 0.3 is 0 Å². The second-order valence-electron chi connectivity index (χ2n) is 3.14. The van der Waals surface area contributed by atoms with Crippen molar-refractivity contribution in [1.82, 2.24) is 9.97 Å². The SMILES string of the molecule is ClCC1COCCN1c1ccncn1. The number of nitrogens with zero attached hydrogens (tertiary/aromatic N) is 3. The molecule has 0 radical (unpaired) electrons. The fourth-order valence-electron chi connectivity index (χ4n) is 1.54. The Hall–Kier alpha value is -0.870. The van der Waals surface area contributed by atoms with E-state index in [1.807, 2.05) is 6.07 Å². The van der Waals surface area contributed by atoms with Crippen LogP contribution in [0.5, 0.6) is 0 Å². The average molecular weight is 214 g/mol. The van der Waals surface area contributed by atoms with Gasteiger partial charge < -0.3 is 9.64 Å². The number of halogens is 1. The molecule has 0 spiro atoms. The van der Waals surface area contributed by atoms with E-state index in [1.165, 1.54) is 0 Å². The summed E-state index contributed by atoms with van der Waals surface area (Å²) in [7, 11) is 0. The maximum absolute atomic E-state index is 5.86. The van der Waals surface area contributed by atoms with Gasteiger partial charge in [0.15, 0.2) is 0 Å². The van der Waals surface area contributed by atoms with Crippen molar-refractivity contribution in [3.8, 4) is 0 Å². The standard InChI is InChI=1S/C9H12ClN3O/c10-5-8-6-14-4-3-13(8)9-1-2-11-7-12-9/h1-2,7-8H,3-6H2. The molecule has 1 aromatic heterocycles. The molecule has 0 aliphatic carbocycles. The van der Waals surface area contributed by atoms with E-state index in [4.69, 9.17) is 16.3 Å². The molecule has 1 fully saturated rings. The van der Waals surface area contributed by atoms with E-state index in [0.29, 0.717) is 12.5 Å². The number of ether oxygens (including phenoxy) is 1. The summed E-state index contributed by atoms with van der Waals surface area (Å²) in [5.41, 5.74) is 0. The smallest absolute Gasteiger partial charge is 0.132 e. The number of rotatable bonds is 2. The Labute approximate surface area is 87.9 Å². The number of hydrogen-bond donors (Lipinski definition) is 0. The lowest BCUT2D eigenvalue weighted by Gasteiger charge is -2.35. The molecular weight excluding hydrogens is 202 g/mol. The lowest BCUT2D eigenvalue weighted by atomic mass is 10.2. The van der Waals surface area contributed by atoms with Crippen LogP contribution in [-0.2, 0) is 4.74 Å². The summed E-state index contributed by atoms with van der Waals surface area (Å²) in [6.45, 7) is 2.25. The van der Waals surface area contributed by atoms with E-state index in [-0.39, 0.29) is 6.04 Å². The van der Waals surface area contributed by atoms with Gasteiger partial charge in [0.25, 0.3) is 0 Å². The summed E-state index contributed by atoms with van der Waals surface area (Å²) >= 11 is 5.86. The zero-order valence-electron chi connectivity index (χ0n) is 7.77. The Balaban J connectivity index is 2.15. The molecule has 0 bridgehead atoms. The third-order valence-electron chi connectivity index (χ3n) is 2.27. The molecule has 2 heterocycles. The fraction of sp³-hybridized carbons (Fsp3) is 0.556. The number of hydrogen-bond acceptors (Lipinski definition) is 4. The third-order valence-corrected chi connectivity index (χ3v) is 2.62. The Morgan fingerprint density at radius 1 is 1.64 bits per heavy atom. The van der Waals surface area contributed by atoms with Gasteiger partial charge in [-0.2, -0.15) is 0 Å². The van der Waals surface area contributed by atoms with Gasteiger partial charge in [0.05, 0.1) is 19.3 Å². The van der Waals surface area contributed by atoms with Crippen LogP contribution in [0.15, 0.2) is 18.6 Å². The molecule has 1 saturated heterocycles. The van der Waals surface area contributed by atoms with Crippen LogP contribution in [0.1, 0.15) is 0 Å². The van der Waals surface area contributed by atoms with Crippen molar-refractivity contribution in [2.45, 2.75) is 6.04 Å². The number of anilines is 1. The van der Waals surface area contributed by atoms with Crippen molar-refractivity contribution < 1.29 is 4.74 Å². The topological polar surface area (TPSA) is 38.2 Å². The molecule has 1 aromatic rings. The van der Waals surface area contributed by atoms with E-state index in [0.717, 1.165) is 19.0 Å². The van der Waals surface area contributed by atoms with Gasteiger partial charge in [-0.05, 0) is 6.07 Å². The highest BCUT2D eigenvalue weighted by Gasteiger charge is 2.22. The van der Waals surface area contributed by atoms with Crippen molar-refractivity contribution in [2.24, 2.45) is 0 Å². The van der Waals surface area contributed by atoms with Gasteiger partial charge in [-0.1, -0.05) is 0 Å². The second-order valence-corrected chi connectivity index (χ2v) is 3.45. The molecule has 1 aliphatic heterocycles. The molecule has 1 atom stereocenters. The molecule has 76 valence electrons. The first-order valence-corrected chi connectivity index (χ1v) is 5.11. The molecular formula is C9H12ClN3O. The lowest BCUT2D eigenvalue weighted by Crippen LogP contribution is -2.47. The Morgan fingerprint density at radius 3 is 3.29 bits per heavy atom. The summed E-state index contributed by atoms with van der Waals surface area (Å²) in [6, 6.07) is 2.12. The van der Waals surface area contributed by atoms with E-state index in [1.54, 1.807) is 12.5 Å². The molecule has 0 amide bonds. The predicted octanol–water partition coefficient (Wildman–Crippen LogP) is 0.921. The van der Waals surface area contributed by atoms with Gasteiger partial charge in [0.1, 0.15) is 12.1 Å². The van der Waals surface area contributed by atoms with Crippen LogP contribution in [0.25, 0.3) is 0 Å². The van der Waals surface area contributed by atoms with Crippen LogP contribution in [0, 0.1) is 0 Å². The zero-order valence-corrected chi connectivity index (χ0v) is 8.52. The molecule has 0 N–H and O–H groups in total. The number of aromatic nitrogens is 2. The summed E-state index contributed by atoms with van der Waals surface area (Å²) in [6.07, 6.45) is 3.29. The molecule has 14 heavy (non-hydrogen) atoms. The molecule has 1 unspecified atom stereocenters. The molecule has 4 nitrogen and oxygen atoms in total. The zero-order chi connectivity index (χ0) is 9.80. The first-order chi connectivity index (χ1) is 6.92. The molecule has 5 heteroatoms. The van der Waals surface area contributed by atoms with Crippen molar-refractivity contribution in [2.75, 3.05) is 30.5 Å². The van der Waals surface area contributed by atoms with Crippen LogP contribution in [0.2, 0.25) is 0 Å². The van der Waals surface area contributed by atoms with Crippen molar-refractivity contribution >= 4 is 17.4 Å². The highest BCUT2D eigenvalue weighted by atomic mass is 35.5. The molecule has 1 aliphatic rings. The minimum atomic E-state index is 0.223. The minimum Gasteiger partial charge on any atom is -0.377 e. The normalized spacial score (nSPS) is 22.4. The molecule has 0 saturated carbocycles. The fourth-order valence-corrected chi connectivity index (χ4v) is 1.79. The Morgan fingerprint density at radius 2 is 2.57 bits per heavy atom. The van der Waals surface area contributed by atoms with Crippen molar-refractivity contribution in [3.05, 3.63) is 18.6 Å². The van der Waals surface area contributed by atoms with Gasteiger partial charge in [-0.25, -0.2) is 9.97 Å². The van der Waals surface area contributed by atoms with Gasteiger partial charge in [0, 0.05) is 18.6 Å². The Kier molecular flexibility index (Phi) is 3.16. The first kappa shape index (κ1) is 9.68. The van der Waals surface area contributed by atoms with Crippen LogP contribution < -0.4 is 4.90 Å². The largest absolute Gasteiger partial charge is 0.377 e. The van der Waals surface area contributed by atoms with E-state index in [9.17, 15) is 0 Å². The van der Waals surface area contributed by atoms with Gasteiger partial charge in [-0.3, -0.25) is 0 Å². The summed E-state index contributed by atoms with van der Waals surface area (Å²) in [5.74, 6) is 1.48. The lowest BCUT2D eigenvalue weighted by molar-refractivity contribution is 0.0994. The highest BCUT2D eigenvalue weighted by molar-refractivity contribution is 6.18. The van der Waals surface area contributed by atoms with Crippen LogP contribution in [0.4, 0.5) is 5.82 Å². The quantitative estimate of drug-likeness (QED) is 0.685. The molecule has 2 rings (SSSR count). The summed E-state index contributed by atoms with van der Waals surface area (Å²) in [5, 5.41) is 0. The number of morpholine rings is 1. The van der Waals surface area contributed by atoms with Crippen LogP contribution >= 0.6 is 11.6 Å². The summed E-state index contributed by atoms with van der Waals surface area (Å²) in [4.78, 5) is 10.3. The Bertz CT molecular complexity index is 283. The van der Waals surface area contributed by atoms with E-state index in [2.05, 4.69) is 14.9 Å².